The molecule has 2 atom stereocenters. The molecule has 0 bridgehead atoms. The summed E-state index contributed by atoms with van der Waals surface area (Å²) in [5.74, 6) is -1.52. The summed E-state index contributed by atoms with van der Waals surface area (Å²) in [6.45, 7) is 8.72. The van der Waals surface area contributed by atoms with Crippen molar-refractivity contribution in [3.63, 3.8) is 0 Å². The van der Waals surface area contributed by atoms with Gasteiger partial charge in [0.15, 0.2) is 5.78 Å². The van der Waals surface area contributed by atoms with E-state index in [0.717, 1.165) is 34.9 Å². The number of halogens is 2. The van der Waals surface area contributed by atoms with Crippen molar-refractivity contribution in [2.45, 2.75) is 72.3 Å². The van der Waals surface area contributed by atoms with Crippen LogP contribution >= 0.6 is 0 Å². The van der Waals surface area contributed by atoms with E-state index >= 15 is 0 Å². The van der Waals surface area contributed by atoms with E-state index in [1.165, 1.54) is 13.8 Å². The van der Waals surface area contributed by atoms with E-state index in [4.69, 9.17) is 5.73 Å². The molecule has 0 fully saturated rings. The molecule has 1 aromatic carbocycles. The van der Waals surface area contributed by atoms with Crippen LogP contribution in [0.1, 0.15) is 76.5 Å². The minimum atomic E-state index is -0.811. The first-order valence-corrected chi connectivity index (χ1v) is 14.2. The smallest absolute Gasteiger partial charge is 0.248 e. The predicted molar refractivity (Wildman–Crippen MR) is 166 cm³/mol. The van der Waals surface area contributed by atoms with E-state index in [2.05, 4.69) is 20.6 Å². The first-order chi connectivity index (χ1) is 20.8. The van der Waals surface area contributed by atoms with Crippen LogP contribution < -0.4 is 16.4 Å². The predicted octanol–water partition coefficient (Wildman–Crippen LogP) is 5.56. The molecule has 3 rings (SSSR count). The Hall–Kier alpha value is -4.80. The maximum Gasteiger partial charge on any atom is 0.248 e. The summed E-state index contributed by atoms with van der Waals surface area (Å²) in [6, 6.07) is 9.07. The Labute approximate surface area is 256 Å². The number of pyridine rings is 2. The fourth-order valence-electron chi connectivity index (χ4n) is 4.26. The first kappa shape index (κ1) is 35.4. The van der Waals surface area contributed by atoms with Gasteiger partial charge in [-0.15, -0.1) is 0 Å². The fourth-order valence-corrected chi connectivity index (χ4v) is 4.26. The van der Waals surface area contributed by atoms with E-state index in [9.17, 15) is 28.0 Å². The maximum absolute atomic E-state index is 13.3. The highest BCUT2D eigenvalue weighted by atomic mass is 19.1. The monoisotopic (exact) mass is 607 g/mol. The van der Waals surface area contributed by atoms with Gasteiger partial charge in [0.2, 0.25) is 11.8 Å². The van der Waals surface area contributed by atoms with Crippen LogP contribution in [0.3, 0.4) is 0 Å². The number of nitrogens with two attached hydrogens (primary N) is 1. The van der Waals surface area contributed by atoms with Crippen LogP contribution in [0.2, 0.25) is 0 Å². The van der Waals surface area contributed by atoms with Crippen molar-refractivity contribution < 1.29 is 28.0 Å². The fraction of sp³-hybridized carbons (Fsp3) is 0.333. The minimum Gasteiger partial charge on any atom is -0.384 e. The Morgan fingerprint density at radius 1 is 0.955 bits per heavy atom. The van der Waals surface area contributed by atoms with Crippen LogP contribution in [0.4, 0.5) is 20.4 Å². The summed E-state index contributed by atoms with van der Waals surface area (Å²) in [5.41, 5.74) is 8.32. The molecule has 2 heterocycles. The van der Waals surface area contributed by atoms with Gasteiger partial charge in [0.05, 0.1) is 6.42 Å². The molecule has 44 heavy (non-hydrogen) atoms. The van der Waals surface area contributed by atoms with Crippen molar-refractivity contribution in [3.8, 4) is 0 Å². The third-order valence-electron chi connectivity index (χ3n) is 6.38. The number of rotatable bonds is 12. The Balaban J connectivity index is 0.000000432. The summed E-state index contributed by atoms with van der Waals surface area (Å²) in [5, 5.41) is 5.28. The second-order valence-electron chi connectivity index (χ2n) is 10.5. The molecule has 2 unspecified atom stereocenters. The van der Waals surface area contributed by atoms with Crippen molar-refractivity contribution in [1.29, 1.82) is 0 Å². The van der Waals surface area contributed by atoms with Crippen LogP contribution in [0.5, 0.6) is 0 Å². The largest absolute Gasteiger partial charge is 0.384 e. The third-order valence-corrected chi connectivity index (χ3v) is 6.38. The molecule has 11 heteroatoms. The van der Waals surface area contributed by atoms with Gasteiger partial charge in [-0.1, -0.05) is 26.3 Å². The van der Waals surface area contributed by atoms with E-state index in [0.29, 0.717) is 30.9 Å². The highest BCUT2D eigenvalue weighted by molar-refractivity contribution is 5.97. The molecule has 3 aromatic rings. The van der Waals surface area contributed by atoms with E-state index in [1.807, 2.05) is 26.8 Å². The molecule has 0 aliphatic heterocycles. The number of amides is 2. The second kappa shape index (κ2) is 17.3. The molecule has 0 aliphatic carbocycles. The van der Waals surface area contributed by atoms with Gasteiger partial charge in [-0.2, -0.15) is 0 Å². The molecular formula is C33H39F2N5O4. The highest BCUT2D eigenvalue weighted by Gasteiger charge is 2.21. The molecular weight excluding hydrogens is 568 g/mol. The van der Waals surface area contributed by atoms with E-state index in [1.54, 1.807) is 36.7 Å². The Kier molecular flexibility index (Phi) is 14.0. The van der Waals surface area contributed by atoms with Crippen LogP contribution in [-0.4, -0.2) is 39.4 Å². The van der Waals surface area contributed by atoms with Crippen LogP contribution in [0.15, 0.2) is 60.9 Å². The quantitative estimate of drug-likeness (QED) is 0.229. The van der Waals surface area contributed by atoms with Gasteiger partial charge >= 0.3 is 0 Å². The standard InChI is InChI=1S/C23H27F2N3O3.C10H12N2O/c1-4-5-20(27-22(30)11-16-9-18(24)12-19(25)10-16)23(31)28-21-7-6-17(13-26-21)14(2)8-15(3)29;1-7(5-8(2)13)9-3-4-10(11)12-6-9/h6-7,9-10,12-14,20H,4-5,8,11H2,1-3H3,(H,27,30)(H,26,28,31);3-6H,1-2H3,(H2,11,12). The number of nitrogens with one attached hydrogen (secondary N) is 2. The molecule has 9 nitrogen and oxygen atoms in total. The number of nitrogen functional groups attached to an aromatic ring is 1. The lowest BCUT2D eigenvalue weighted by atomic mass is 9.98. The topological polar surface area (TPSA) is 144 Å². The van der Waals surface area contributed by atoms with Gasteiger partial charge in [0.1, 0.15) is 35.1 Å². The molecule has 0 saturated heterocycles. The van der Waals surface area contributed by atoms with Gasteiger partial charge in [-0.3, -0.25) is 14.4 Å². The Morgan fingerprint density at radius 2 is 1.64 bits per heavy atom. The molecule has 2 amide bonds. The summed E-state index contributed by atoms with van der Waals surface area (Å²) >= 11 is 0. The van der Waals surface area contributed by atoms with Crippen LogP contribution in [0, 0.1) is 11.6 Å². The number of ketones is 2. The molecule has 0 saturated carbocycles. The van der Waals surface area contributed by atoms with Gasteiger partial charge in [-0.25, -0.2) is 18.7 Å². The zero-order valence-corrected chi connectivity index (χ0v) is 25.6. The molecule has 0 aliphatic rings. The van der Waals surface area contributed by atoms with E-state index in [-0.39, 0.29) is 29.5 Å². The number of benzene rings is 1. The molecule has 0 radical (unpaired) electrons. The Morgan fingerprint density at radius 3 is 2.16 bits per heavy atom. The van der Waals surface area contributed by atoms with Gasteiger partial charge < -0.3 is 21.2 Å². The molecule has 2 aromatic heterocycles. The summed E-state index contributed by atoms with van der Waals surface area (Å²) in [4.78, 5) is 55.1. The van der Waals surface area contributed by atoms with Gasteiger partial charge in [0, 0.05) is 24.9 Å². The third kappa shape index (κ3) is 12.6. The van der Waals surface area contributed by atoms with E-state index < -0.39 is 29.5 Å². The Bertz CT molecular complexity index is 1450. The lowest BCUT2D eigenvalue weighted by Gasteiger charge is -2.18. The number of hydrogen-bond donors (Lipinski definition) is 3. The number of anilines is 2. The van der Waals surface area contributed by atoms with Gasteiger partial charge in [-0.05, 0) is 91.8 Å². The lowest BCUT2D eigenvalue weighted by molar-refractivity contribution is -0.126. The number of carbonyl (C=O) groups excluding carboxylic acids is 4. The van der Waals surface area contributed by atoms with Crippen molar-refractivity contribution in [2.75, 3.05) is 11.1 Å². The highest BCUT2D eigenvalue weighted by Crippen LogP contribution is 2.20. The maximum atomic E-state index is 13.3. The SMILES string of the molecule is CC(=O)C=C(C)c1ccc(N)nc1.CCCC(NC(=O)Cc1cc(F)cc(F)c1)C(=O)Nc1ccc(C(C)CC(C)=O)cn1. The number of allylic oxidation sites excluding steroid dienone is 2. The number of carbonyl (C=O) groups is 4. The van der Waals surface area contributed by atoms with Crippen molar-refractivity contribution >= 4 is 40.6 Å². The van der Waals surface area contributed by atoms with Crippen LogP contribution in [0.25, 0.3) is 5.57 Å². The lowest BCUT2D eigenvalue weighted by Crippen LogP contribution is -2.44. The zero-order valence-electron chi connectivity index (χ0n) is 25.6. The number of hydrogen-bond acceptors (Lipinski definition) is 7. The zero-order chi connectivity index (χ0) is 32.8. The molecule has 0 spiro atoms. The minimum absolute atomic E-state index is 0.0227. The average molecular weight is 608 g/mol. The average Bonchev–Trinajstić information content (AvgIpc) is 2.92. The van der Waals surface area contributed by atoms with Gasteiger partial charge in [0.25, 0.3) is 0 Å². The normalized spacial score (nSPS) is 12.3. The number of nitrogens with zero attached hydrogens (tertiary/aromatic N) is 2. The van der Waals surface area contributed by atoms with Crippen molar-refractivity contribution in [2.24, 2.45) is 0 Å². The van der Waals surface area contributed by atoms with Crippen molar-refractivity contribution in [3.05, 3.63) is 89.3 Å². The molecule has 4 N–H and O–H groups in total. The number of Topliss-reactive ketones (excluding diaryl/α,β-unsaturated/α-hetero) is 1. The summed E-state index contributed by atoms with van der Waals surface area (Å²) in [6.07, 6.45) is 6.04. The summed E-state index contributed by atoms with van der Waals surface area (Å²) < 4.78 is 26.6. The molecule has 234 valence electrons. The first-order valence-electron chi connectivity index (χ1n) is 14.2. The van der Waals surface area contributed by atoms with Crippen LogP contribution in [-0.2, 0) is 25.6 Å². The number of aromatic nitrogens is 2. The van der Waals surface area contributed by atoms with Crippen molar-refractivity contribution in [1.82, 2.24) is 15.3 Å². The second-order valence-corrected chi connectivity index (χ2v) is 10.5. The summed E-state index contributed by atoms with van der Waals surface area (Å²) in [7, 11) is 0.